The summed E-state index contributed by atoms with van der Waals surface area (Å²) in [5.74, 6) is -5.97. The van der Waals surface area contributed by atoms with Gasteiger partial charge in [-0.15, -0.1) is 0 Å². The van der Waals surface area contributed by atoms with Gasteiger partial charge >= 0.3 is 11.9 Å². The molecule has 6 unspecified atom stereocenters. The number of nitrogens with one attached hydrogen (secondary N) is 1. The molecule has 0 aromatic carbocycles. The summed E-state index contributed by atoms with van der Waals surface area (Å²) in [7, 11) is 0. The van der Waals surface area contributed by atoms with E-state index in [4.69, 9.17) is 9.84 Å². The average molecular weight is 351 g/mol. The summed E-state index contributed by atoms with van der Waals surface area (Å²) in [5.41, 5.74) is 0. The van der Waals surface area contributed by atoms with E-state index in [2.05, 4.69) is 10.1 Å². The summed E-state index contributed by atoms with van der Waals surface area (Å²) in [6.45, 7) is 1.55. The number of hydrogen-bond donors (Lipinski definition) is 6. The van der Waals surface area contributed by atoms with E-state index in [1.54, 1.807) is 0 Å². The first-order valence-corrected chi connectivity index (χ1v) is 7.06. The van der Waals surface area contributed by atoms with E-state index in [1.807, 2.05) is 0 Å². The minimum absolute atomic E-state index is 0.616. The molecule has 1 heterocycles. The molecule has 0 spiro atoms. The SMILES string of the molecule is CC(=O)NC1C(O)CC(O)(C(=O)O)OC1C(O)C(O)COC(C)=O. The van der Waals surface area contributed by atoms with Crippen molar-refractivity contribution in [1.82, 2.24) is 5.32 Å². The first kappa shape index (κ1) is 20.3. The number of esters is 1. The monoisotopic (exact) mass is 351 g/mol. The minimum Gasteiger partial charge on any atom is -0.477 e. The maximum atomic E-state index is 11.2. The van der Waals surface area contributed by atoms with Crippen LogP contribution in [0.4, 0.5) is 0 Å². The van der Waals surface area contributed by atoms with Crippen LogP contribution in [0.2, 0.25) is 0 Å². The Bertz CT molecular complexity index is 497. The van der Waals surface area contributed by atoms with Crippen molar-refractivity contribution in [2.24, 2.45) is 0 Å². The van der Waals surface area contributed by atoms with Gasteiger partial charge in [0, 0.05) is 20.3 Å². The lowest BCUT2D eigenvalue weighted by Gasteiger charge is -2.44. The van der Waals surface area contributed by atoms with Gasteiger partial charge in [-0.25, -0.2) is 4.79 Å². The predicted octanol–water partition coefficient (Wildman–Crippen LogP) is -3.30. The second kappa shape index (κ2) is 7.85. The van der Waals surface area contributed by atoms with Gasteiger partial charge in [-0.1, -0.05) is 0 Å². The van der Waals surface area contributed by atoms with Gasteiger partial charge in [0.1, 0.15) is 24.9 Å². The molecule has 0 saturated carbocycles. The molecule has 1 saturated heterocycles. The zero-order chi connectivity index (χ0) is 18.7. The summed E-state index contributed by atoms with van der Waals surface area (Å²) in [4.78, 5) is 33.1. The van der Waals surface area contributed by atoms with Crippen LogP contribution in [-0.4, -0.2) is 86.2 Å². The number of carboxylic acids is 1. The largest absolute Gasteiger partial charge is 0.477 e. The predicted molar refractivity (Wildman–Crippen MR) is 74.3 cm³/mol. The summed E-state index contributed by atoms with van der Waals surface area (Å²) in [6.07, 6.45) is -7.61. The standard InChI is InChI=1S/C13H21NO10/c1-5(15)14-9-7(17)3-13(22,12(20)21)24-11(9)10(19)8(18)4-23-6(2)16/h7-11,17-19,22H,3-4H2,1-2H3,(H,14,15)(H,20,21). The zero-order valence-electron chi connectivity index (χ0n) is 13.1. The molecule has 0 aromatic rings. The van der Waals surface area contributed by atoms with Crippen molar-refractivity contribution in [2.45, 2.75) is 56.5 Å². The van der Waals surface area contributed by atoms with Crippen LogP contribution in [-0.2, 0) is 23.9 Å². The van der Waals surface area contributed by atoms with Gasteiger partial charge in [0.2, 0.25) is 5.91 Å². The van der Waals surface area contributed by atoms with Crippen LogP contribution in [0.3, 0.4) is 0 Å². The Labute approximate surface area is 136 Å². The maximum absolute atomic E-state index is 11.2. The van der Waals surface area contributed by atoms with Gasteiger partial charge in [-0.3, -0.25) is 9.59 Å². The number of aliphatic hydroxyl groups is 4. The van der Waals surface area contributed by atoms with Crippen LogP contribution in [0.5, 0.6) is 0 Å². The molecule has 11 heteroatoms. The highest BCUT2D eigenvalue weighted by atomic mass is 16.7. The fourth-order valence-electron chi connectivity index (χ4n) is 2.33. The molecule has 1 aliphatic rings. The van der Waals surface area contributed by atoms with E-state index in [9.17, 15) is 34.8 Å². The summed E-state index contributed by atoms with van der Waals surface area (Å²) >= 11 is 0. The fraction of sp³-hybridized carbons (Fsp3) is 0.769. The number of carbonyl (C=O) groups excluding carboxylic acids is 2. The van der Waals surface area contributed by atoms with Gasteiger partial charge in [0.25, 0.3) is 5.79 Å². The van der Waals surface area contributed by atoms with Gasteiger partial charge < -0.3 is 40.3 Å². The lowest BCUT2D eigenvalue weighted by atomic mass is 9.88. The van der Waals surface area contributed by atoms with Crippen molar-refractivity contribution in [2.75, 3.05) is 6.61 Å². The molecule has 0 aromatic heterocycles. The minimum atomic E-state index is -2.82. The van der Waals surface area contributed by atoms with E-state index in [0.29, 0.717) is 0 Å². The lowest BCUT2D eigenvalue weighted by Crippen LogP contribution is -2.67. The van der Waals surface area contributed by atoms with Crippen LogP contribution < -0.4 is 5.32 Å². The Morgan fingerprint density at radius 1 is 1.33 bits per heavy atom. The van der Waals surface area contributed by atoms with E-state index >= 15 is 0 Å². The van der Waals surface area contributed by atoms with Crippen molar-refractivity contribution in [3.8, 4) is 0 Å². The smallest absolute Gasteiger partial charge is 0.364 e. The van der Waals surface area contributed by atoms with Crippen LogP contribution in [0, 0.1) is 0 Å². The molecule has 1 rings (SSSR count). The van der Waals surface area contributed by atoms with Crippen LogP contribution in [0.15, 0.2) is 0 Å². The van der Waals surface area contributed by atoms with E-state index in [1.165, 1.54) is 0 Å². The molecule has 24 heavy (non-hydrogen) atoms. The fourth-order valence-corrected chi connectivity index (χ4v) is 2.33. The Balaban J connectivity index is 3.01. The van der Waals surface area contributed by atoms with Gasteiger partial charge in [0.15, 0.2) is 0 Å². The van der Waals surface area contributed by atoms with Gasteiger partial charge in [-0.2, -0.15) is 0 Å². The average Bonchev–Trinajstić information content (AvgIpc) is 2.46. The number of ether oxygens (including phenoxy) is 2. The third-order valence-electron chi connectivity index (χ3n) is 3.48. The number of aliphatic carboxylic acids is 1. The Hall–Kier alpha value is -1.79. The highest BCUT2D eigenvalue weighted by molar-refractivity contribution is 5.76. The Kier molecular flexibility index (Phi) is 6.63. The molecular weight excluding hydrogens is 330 g/mol. The molecule has 1 amide bonds. The first-order valence-electron chi connectivity index (χ1n) is 7.06. The zero-order valence-corrected chi connectivity index (χ0v) is 13.1. The van der Waals surface area contributed by atoms with E-state index in [0.717, 1.165) is 13.8 Å². The van der Waals surface area contributed by atoms with Crippen molar-refractivity contribution < 1.29 is 49.4 Å². The molecule has 0 bridgehead atoms. The van der Waals surface area contributed by atoms with Crippen molar-refractivity contribution >= 4 is 17.8 Å². The van der Waals surface area contributed by atoms with Crippen molar-refractivity contribution in [3.05, 3.63) is 0 Å². The van der Waals surface area contributed by atoms with Crippen LogP contribution in [0.1, 0.15) is 20.3 Å². The van der Waals surface area contributed by atoms with Gasteiger partial charge in [0.05, 0.1) is 12.1 Å². The molecule has 138 valence electrons. The second-order valence-electron chi connectivity index (χ2n) is 5.53. The molecule has 11 nitrogen and oxygen atoms in total. The highest BCUT2D eigenvalue weighted by Crippen LogP contribution is 2.30. The Morgan fingerprint density at radius 2 is 1.92 bits per heavy atom. The normalized spacial score (nSPS) is 32.5. The molecule has 6 atom stereocenters. The number of carbonyl (C=O) groups is 3. The molecule has 6 N–H and O–H groups in total. The second-order valence-corrected chi connectivity index (χ2v) is 5.53. The summed E-state index contributed by atoms with van der Waals surface area (Å²) in [5, 5.41) is 51.2. The molecule has 1 fully saturated rings. The number of carboxylic acid groups (broad SMARTS) is 1. The summed E-state index contributed by atoms with van der Waals surface area (Å²) < 4.78 is 9.46. The number of aliphatic hydroxyl groups excluding tert-OH is 3. The topological polar surface area (TPSA) is 183 Å². The number of amides is 1. The van der Waals surface area contributed by atoms with Crippen LogP contribution >= 0.6 is 0 Å². The number of rotatable bonds is 6. The number of hydrogen-bond acceptors (Lipinski definition) is 9. The van der Waals surface area contributed by atoms with Gasteiger partial charge in [-0.05, 0) is 0 Å². The molecular formula is C13H21NO10. The van der Waals surface area contributed by atoms with Crippen molar-refractivity contribution in [3.63, 3.8) is 0 Å². The first-order chi connectivity index (χ1) is 11.0. The van der Waals surface area contributed by atoms with Crippen molar-refractivity contribution in [1.29, 1.82) is 0 Å². The summed E-state index contributed by atoms with van der Waals surface area (Å²) in [6, 6.07) is -1.30. The maximum Gasteiger partial charge on any atom is 0.364 e. The third-order valence-corrected chi connectivity index (χ3v) is 3.48. The van der Waals surface area contributed by atoms with E-state index < -0.39 is 67.1 Å². The quantitative estimate of drug-likeness (QED) is 0.265. The Morgan fingerprint density at radius 3 is 2.38 bits per heavy atom. The highest BCUT2D eigenvalue weighted by Gasteiger charge is 2.53. The van der Waals surface area contributed by atoms with Crippen LogP contribution in [0.25, 0.3) is 0 Å². The van der Waals surface area contributed by atoms with E-state index in [-0.39, 0.29) is 0 Å². The lowest BCUT2D eigenvalue weighted by molar-refractivity contribution is -0.295. The third kappa shape index (κ3) is 4.85. The molecule has 1 aliphatic heterocycles. The molecule has 0 radical (unpaired) electrons. The molecule has 0 aliphatic carbocycles.